The highest BCUT2D eigenvalue weighted by atomic mass is 31.1. The van der Waals surface area contributed by atoms with Crippen LogP contribution in [0.15, 0.2) is 72.8 Å². The maximum atomic E-state index is 12.5. The second-order valence-electron chi connectivity index (χ2n) is 6.14. The van der Waals surface area contributed by atoms with Crippen LogP contribution in [0, 0.1) is 0 Å². The minimum Gasteiger partial charge on any atom is -0.397 e. The van der Waals surface area contributed by atoms with E-state index >= 15 is 0 Å². The highest BCUT2D eigenvalue weighted by molar-refractivity contribution is 7.37. The Morgan fingerprint density at radius 1 is 0.963 bits per heavy atom. The van der Waals surface area contributed by atoms with Gasteiger partial charge in [-0.3, -0.25) is 4.79 Å². The molecule has 0 aliphatic rings. The van der Waals surface area contributed by atoms with Crippen molar-refractivity contribution in [3.05, 3.63) is 83.9 Å². The van der Waals surface area contributed by atoms with Gasteiger partial charge in [0.15, 0.2) is 6.16 Å². The van der Waals surface area contributed by atoms with Crippen LogP contribution in [0.4, 0.5) is 11.4 Å². The van der Waals surface area contributed by atoms with Crippen LogP contribution < -0.4 is 11.1 Å². The summed E-state index contributed by atoms with van der Waals surface area (Å²) in [6.45, 7) is 0. The van der Waals surface area contributed by atoms with Crippen LogP contribution >= 0.6 is 8.03 Å². The molecule has 5 nitrogen and oxygen atoms in total. The summed E-state index contributed by atoms with van der Waals surface area (Å²) < 4.78 is 10.8. The molecule has 0 saturated carbocycles. The molecule has 3 aromatic carbocycles. The molecule has 0 heterocycles. The summed E-state index contributed by atoms with van der Waals surface area (Å²) in [6, 6.07) is 22.4. The SMILES string of the molecule is Nc1ccc(-c2ccccc2)cc1NC(=O)c1ccc(CC[P+](=O)O)cc1. The Morgan fingerprint density at radius 2 is 1.67 bits per heavy atom. The van der Waals surface area contributed by atoms with E-state index in [0.717, 1.165) is 16.7 Å². The summed E-state index contributed by atoms with van der Waals surface area (Å²) in [5.41, 5.74) is 10.5. The predicted molar refractivity (Wildman–Crippen MR) is 109 cm³/mol. The second-order valence-corrected chi connectivity index (χ2v) is 7.30. The van der Waals surface area contributed by atoms with Gasteiger partial charge in [0, 0.05) is 12.0 Å². The molecule has 3 rings (SSSR count). The minimum atomic E-state index is -2.15. The van der Waals surface area contributed by atoms with E-state index in [-0.39, 0.29) is 12.1 Å². The number of nitrogen functional groups attached to an aromatic ring is 1. The van der Waals surface area contributed by atoms with Gasteiger partial charge in [-0.25, -0.2) is 0 Å². The van der Waals surface area contributed by atoms with Gasteiger partial charge in [0.05, 0.1) is 11.4 Å². The Hall–Kier alpha value is -3.01. The van der Waals surface area contributed by atoms with Crippen LogP contribution in [-0.4, -0.2) is 17.0 Å². The number of anilines is 2. The fourth-order valence-corrected chi connectivity index (χ4v) is 3.17. The summed E-state index contributed by atoms with van der Waals surface area (Å²) in [4.78, 5) is 21.4. The number of hydrogen-bond acceptors (Lipinski definition) is 3. The van der Waals surface area contributed by atoms with Crippen molar-refractivity contribution in [2.45, 2.75) is 6.42 Å². The molecule has 0 saturated heterocycles. The van der Waals surface area contributed by atoms with Crippen LogP contribution in [0.25, 0.3) is 11.1 Å². The molecule has 0 aromatic heterocycles. The van der Waals surface area contributed by atoms with Crippen molar-refractivity contribution in [1.29, 1.82) is 0 Å². The lowest BCUT2D eigenvalue weighted by Crippen LogP contribution is -2.13. The van der Waals surface area contributed by atoms with Gasteiger partial charge in [-0.2, -0.15) is 4.89 Å². The van der Waals surface area contributed by atoms with E-state index in [1.165, 1.54) is 0 Å². The Morgan fingerprint density at radius 3 is 2.33 bits per heavy atom. The zero-order valence-electron chi connectivity index (χ0n) is 14.6. The summed E-state index contributed by atoms with van der Waals surface area (Å²) in [5, 5.41) is 2.86. The quantitative estimate of drug-likeness (QED) is 0.435. The Balaban J connectivity index is 1.75. The number of carbonyl (C=O) groups is 1. The lowest BCUT2D eigenvalue weighted by molar-refractivity contribution is 0.102. The zero-order chi connectivity index (χ0) is 19.2. The van der Waals surface area contributed by atoms with Gasteiger partial charge < -0.3 is 11.1 Å². The van der Waals surface area contributed by atoms with Crippen LogP contribution in [0.1, 0.15) is 15.9 Å². The first-order chi connectivity index (χ1) is 13.0. The third-order valence-electron chi connectivity index (χ3n) is 4.22. The highest BCUT2D eigenvalue weighted by Crippen LogP contribution is 2.27. The first kappa shape index (κ1) is 18.8. The third kappa shape index (κ3) is 5.00. The molecule has 136 valence electrons. The minimum absolute atomic E-state index is 0.212. The Kier molecular flexibility index (Phi) is 5.97. The summed E-state index contributed by atoms with van der Waals surface area (Å²) in [6.07, 6.45) is 0.712. The highest BCUT2D eigenvalue weighted by Gasteiger charge is 2.12. The number of carbonyl (C=O) groups excluding carboxylic acids is 1. The zero-order valence-corrected chi connectivity index (χ0v) is 15.5. The number of nitrogens with one attached hydrogen (secondary N) is 1. The topological polar surface area (TPSA) is 92.4 Å². The van der Waals surface area contributed by atoms with Gasteiger partial charge in [0.2, 0.25) is 0 Å². The van der Waals surface area contributed by atoms with Crippen molar-refractivity contribution in [3.8, 4) is 11.1 Å². The van der Waals surface area contributed by atoms with Gasteiger partial charge in [0.25, 0.3) is 5.91 Å². The average molecular weight is 379 g/mol. The van der Waals surface area contributed by atoms with E-state index in [4.69, 9.17) is 10.6 Å². The number of amides is 1. The van der Waals surface area contributed by atoms with Crippen molar-refractivity contribution < 1.29 is 14.3 Å². The molecule has 4 N–H and O–H groups in total. The summed E-state index contributed by atoms with van der Waals surface area (Å²) in [5.74, 6) is -0.258. The standard InChI is InChI=1S/C21H19N2O3P/c22-19-11-10-18(16-4-2-1-3-5-16)14-20(19)23-21(24)17-8-6-15(7-9-17)12-13-27(25)26/h1-11,14H,12-13,22H2,(H-,23,24,25,26)/p+1. The first-order valence-corrected chi connectivity index (χ1v) is 9.91. The first-order valence-electron chi connectivity index (χ1n) is 8.52. The van der Waals surface area contributed by atoms with Crippen LogP contribution in [0.3, 0.4) is 0 Å². The largest absolute Gasteiger partial charge is 0.505 e. The fraction of sp³-hybridized carbons (Fsp3) is 0.0952. The molecular weight excluding hydrogens is 359 g/mol. The lowest BCUT2D eigenvalue weighted by Gasteiger charge is -2.11. The van der Waals surface area contributed by atoms with Crippen molar-refractivity contribution in [2.24, 2.45) is 0 Å². The monoisotopic (exact) mass is 379 g/mol. The van der Waals surface area contributed by atoms with Crippen LogP contribution in [0.2, 0.25) is 0 Å². The van der Waals surface area contributed by atoms with E-state index in [9.17, 15) is 9.36 Å². The van der Waals surface area contributed by atoms with Gasteiger partial charge in [-0.1, -0.05) is 48.5 Å². The molecule has 0 bridgehead atoms. The number of nitrogens with two attached hydrogens (primary N) is 1. The van der Waals surface area contributed by atoms with E-state index in [1.807, 2.05) is 42.5 Å². The molecule has 1 unspecified atom stereocenters. The second kappa shape index (κ2) is 8.58. The lowest BCUT2D eigenvalue weighted by atomic mass is 10.0. The molecule has 27 heavy (non-hydrogen) atoms. The van der Waals surface area contributed by atoms with Crippen molar-refractivity contribution >= 4 is 25.3 Å². The molecule has 0 spiro atoms. The smallest absolute Gasteiger partial charge is 0.397 e. The molecule has 0 radical (unpaired) electrons. The molecule has 1 amide bonds. The van der Waals surface area contributed by atoms with Gasteiger partial charge in [-0.05, 0) is 45.5 Å². The van der Waals surface area contributed by atoms with Crippen molar-refractivity contribution in [1.82, 2.24) is 0 Å². The molecule has 6 heteroatoms. The number of hydrogen-bond donors (Lipinski definition) is 3. The molecule has 0 aliphatic heterocycles. The predicted octanol–water partition coefficient (Wildman–Crippen LogP) is 4.47. The maximum absolute atomic E-state index is 12.5. The van der Waals surface area contributed by atoms with E-state index in [2.05, 4.69) is 5.32 Å². The maximum Gasteiger partial charge on any atom is 0.505 e. The number of rotatable bonds is 6. The van der Waals surface area contributed by atoms with Crippen molar-refractivity contribution in [3.63, 3.8) is 0 Å². The summed E-state index contributed by atoms with van der Waals surface area (Å²) >= 11 is 0. The van der Waals surface area contributed by atoms with Gasteiger partial charge in [0.1, 0.15) is 0 Å². The van der Waals surface area contributed by atoms with Gasteiger partial charge in [-0.15, -0.1) is 0 Å². The Labute approximate surface area is 158 Å². The van der Waals surface area contributed by atoms with Crippen LogP contribution in [0.5, 0.6) is 0 Å². The third-order valence-corrected chi connectivity index (χ3v) is 4.82. The number of aryl methyl sites for hydroxylation is 1. The molecule has 0 fully saturated rings. The molecule has 3 aromatic rings. The van der Waals surface area contributed by atoms with Crippen LogP contribution in [-0.2, 0) is 11.0 Å². The molecule has 0 aliphatic carbocycles. The normalized spacial score (nSPS) is 11.1. The average Bonchev–Trinajstić information content (AvgIpc) is 2.69. The summed E-state index contributed by atoms with van der Waals surface area (Å²) in [7, 11) is -2.15. The number of benzene rings is 3. The fourth-order valence-electron chi connectivity index (χ4n) is 2.72. The Bertz CT molecular complexity index is 957. The molecule has 1 atom stereocenters. The van der Waals surface area contributed by atoms with Crippen molar-refractivity contribution in [2.75, 3.05) is 17.2 Å². The molecular formula is C21H20N2O3P+. The van der Waals surface area contributed by atoms with E-state index in [0.29, 0.717) is 23.4 Å². The van der Waals surface area contributed by atoms with E-state index in [1.54, 1.807) is 30.3 Å². The van der Waals surface area contributed by atoms with E-state index < -0.39 is 8.03 Å². The van der Waals surface area contributed by atoms with Gasteiger partial charge >= 0.3 is 8.03 Å².